The van der Waals surface area contributed by atoms with Crippen molar-refractivity contribution in [3.8, 4) is 0 Å². The average molecular weight is 244 g/mol. The second kappa shape index (κ2) is 7.24. The maximum atomic E-state index is 11.3. The van der Waals surface area contributed by atoms with E-state index in [2.05, 4.69) is 19.7 Å². The number of ether oxygens (including phenoxy) is 2. The zero-order chi connectivity index (χ0) is 12.7. The van der Waals surface area contributed by atoms with Gasteiger partial charge in [-0.25, -0.2) is 0 Å². The summed E-state index contributed by atoms with van der Waals surface area (Å²) in [6.07, 6.45) is 0.456. The van der Waals surface area contributed by atoms with E-state index < -0.39 is 0 Å². The van der Waals surface area contributed by atoms with Crippen molar-refractivity contribution < 1.29 is 19.1 Å². The van der Waals surface area contributed by atoms with Crippen molar-refractivity contribution in [3.05, 3.63) is 0 Å². The maximum absolute atomic E-state index is 11.3. The van der Waals surface area contributed by atoms with Gasteiger partial charge < -0.3 is 14.8 Å². The first kappa shape index (κ1) is 13.9. The third kappa shape index (κ3) is 4.70. The lowest BCUT2D eigenvalue weighted by atomic mass is 10.1. The van der Waals surface area contributed by atoms with Gasteiger partial charge in [0, 0.05) is 32.2 Å². The van der Waals surface area contributed by atoms with Crippen molar-refractivity contribution in [2.45, 2.75) is 18.9 Å². The Morgan fingerprint density at radius 3 is 2.00 bits per heavy atom. The summed E-state index contributed by atoms with van der Waals surface area (Å²) >= 11 is 0. The van der Waals surface area contributed by atoms with E-state index in [0.717, 1.165) is 26.2 Å². The van der Waals surface area contributed by atoms with E-state index in [1.165, 1.54) is 14.2 Å². The van der Waals surface area contributed by atoms with Crippen LogP contribution in [-0.2, 0) is 19.1 Å². The molecule has 0 amide bonds. The highest BCUT2D eigenvalue weighted by molar-refractivity contribution is 5.73. The largest absolute Gasteiger partial charge is 0.469 e. The lowest BCUT2D eigenvalue weighted by molar-refractivity contribution is -0.145. The first-order valence-electron chi connectivity index (χ1n) is 5.75. The van der Waals surface area contributed by atoms with Crippen LogP contribution in [0, 0.1) is 0 Å². The van der Waals surface area contributed by atoms with Crippen LogP contribution < -0.4 is 5.32 Å². The number of nitrogens with zero attached hydrogens (tertiary/aromatic N) is 1. The van der Waals surface area contributed by atoms with Crippen LogP contribution >= 0.6 is 0 Å². The van der Waals surface area contributed by atoms with Gasteiger partial charge in [0.1, 0.15) is 0 Å². The van der Waals surface area contributed by atoms with Crippen LogP contribution in [-0.4, -0.2) is 63.3 Å². The average Bonchev–Trinajstić information content (AvgIpc) is 2.38. The van der Waals surface area contributed by atoms with Crippen molar-refractivity contribution in [1.82, 2.24) is 10.2 Å². The van der Waals surface area contributed by atoms with Crippen molar-refractivity contribution in [1.29, 1.82) is 0 Å². The van der Waals surface area contributed by atoms with E-state index in [0.29, 0.717) is 0 Å². The number of methoxy groups -OCH3 is 2. The van der Waals surface area contributed by atoms with Crippen molar-refractivity contribution in [3.63, 3.8) is 0 Å². The van der Waals surface area contributed by atoms with Gasteiger partial charge >= 0.3 is 11.9 Å². The number of esters is 2. The molecular formula is C11H20N2O4. The molecule has 1 aliphatic heterocycles. The molecule has 6 heteroatoms. The van der Waals surface area contributed by atoms with E-state index >= 15 is 0 Å². The quantitative estimate of drug-likeness (QED) is 0.651. The molecule has 0 saturated carbocycles. The van der Waals surface area contributed by atoms with E-state index in [1.807, 2.05) is 0 Å². The summed E-state index contributed by atoms with van der Waals surface area (Å²) in [5.74, 6) is -0.588. The molecule has 0 aromatic carbocycles. The molecule has 1 rings (SSSR count). The van der Waals surface area contributed by atoms with Crippen molar-refractivity contribution in [2.75, 3.05) is 40.4 Å². The standard InChI is InChI=1S/C11H20N2O4/c1-16-10(14)7-9(8-11(15)17-2)13-5-3-12-4-6-13/h9,12H,3-8H2,1-2H3. The number of carbonyl (C=O) groups excluding carboxylic acids is 2. The highest BCUT2D eigenvalue weighted by Gasteiger charge is 2.26. The predicted molar refractivity (Wildman–Crippen MR) is 61.5 cm³/mol. The highest BCUT2D eigenvalue weighted by atomic mass is 16.5. The molecule has 1 aliphatic rings. The summed E-state index contributed by atoms with van der Waals surface area (Å²) < 4.78 is 9.31. The first-order valence-corrected chi connectivity index (χ1v) is 5.75. The summed E-state index contributed by atoms with van der Waals surface area (Å²) in [6, 6.07) is -0.128. The van der Waals surface area contributed by atoms with Crippen LogP contribution in [0.5, 0.6) is 0 Å². The summed E-state index contributed by atoms with van der Waals surface area (Å²) in [5.41, 5.74) is 0. The van der Waals surface area contributed by atoms with Gasteiger partial charge in [0.25, 0.3) is 0 Å². The Bertz CT molecular complexity index is 246. The van der Waals surface area contributed by atoms with Gasteiger partial charge in [-0.15, -0.1) is 0 Å². The molecule has 1 fully saturated rings. The second-order valence-corrected chi connectivity index (χ2v) is 4.00. The van der Waals surface area contributed by atoms with Crippen LogP contribution in [0.1, 0.15) is 12.8 Å². The minimum absolute atomic E-state index is 0.128. The Balaban J connectivity index is 2.56. The molecule has 1 saturated heterocycles. The van der Waals surface area contributed by atoms with Gasteiger partial charge in [-0.1, -0.05) is 0 Å². The summed E-state index contributed by atoms with van der Waals surface area (Å²) in [4.78, 5) is 24.8. The van der Waals surface area contributed by atoms with Crippen LogP contribution in [0.2, 0.25) is 0 Å². The zero-order valence-corrected chi connectivity index (χ0v) is 10.4. The van der Waals surface area contributed by atoms with Gasteiger partial charge in [-0.3, -0.25) is 14.5 Å². The van der Waals surface area contributed by atoms with Crippen LogP contribution in [0.3, 0.4) is 0 Å². The number of rotatable bonds is 5. The van der Waals surface area contributed by atoms with E-state index in [-0.39, 0.29) is 30.8 Å². The summed E-state index contributed by atoms with van der Waals surface area (Å²) in [6.45, 7) is 3.41. The van der Waals surface area contributed by atoms with Crippen LogP contribution in [0.4, 0.5) is 0 Å². The summed E-state index contributed by atoms with van der Waals surface area (Å²) in [5, 5.41) is 3.23. The molecule has 0 aromatic heterocycles. The molecule has 0 spiro atoms. The fraction of sp³-hybridized carbons (Fsp3) is 0.818. The topological polar surface area (TPSA) is 67.9 Å². The molecule has 6 nitrogen and oxygen atoms in total. The minimum Gasteiger partial charge on any atom is -0.469 e. The molecule has 0 atom stereocenters. The Labute approximate surface area is 101 Å². The SMILES string of the molecule is COC(=O)CC(CC(=O)OC)N1CCNCC1. The van der Waals surface area contributed by atoms with E-state index in [4.69, 9.17) is 0 Å². The Kier molecular flexibility index (Phi) is 5.93. The molecule has 0 unspecified atom stereocenters. The molecule has 0 aromatic rings. The van der Waals surface area contributed by atoms with Crippen molar-refractivity contribution in [2.24, 2.45) is 0 Å². The van der Waals surface area contributed by atoms with Gasteiger partial charge in [0.15, 0.2) is 0 Å². The van der Waals surface area contributed by atoms with Crippen LogP contribution in [0.15, 0.2) is 0 Å². The third-order valence-corrected chi connectivity index (χ3v) is 2.93. The lowest BCUT2D eigenvalue weighted by Gasteiger charge is -2.33. The number of hydrogen-bond donors (Lipinski definition) is 1. The third-order valence-electron chi connectivity index (χ3n) is 2.93. The smallest absolute Gasteiger partial charge is 0.307 e. The fourth-order valence-electron chi connectivity index (χ4n) is 1.93. The highest BCUT2D eigenvalue weighted by Crippen LogP contribution is 2.11. The number of carbonyl (C=O) groups is 2. The zero-order valence-electron chi connectivity index (χ0n) is 10.4. The number of nitrogens with one attached hydrogen (secondary N) is 1. The minimum atomic E-state index is -0.294. The summed E-state index contributed by atoms with van der Waals surface area (Å²) in [7, 11) is 2.71. The normalized spacial score (nSPS) is 16.9. The molecule has 98 valence electrons. The Morgan fingerprint density at radius 2 is 1.59 bits per heavy atom. The predicted octanol–water partition coefficient (Wildman–Crippen LogP) is -0.614. The molecule has 1 heterocycles. The Morgan fingerprint density at radius 1 is 1.12 bits per heavy atom. The van der Waals surface area contributed by atoms with Crippen molar-refractivity contribution >= 4 is 11.9 Å². The first-order chi connectivity index (χ1) is 8.17. The number of hydrogen-bond acceptors (Lipinski definition) is 6. The molecule has 0 bridgehead atoms. The maximum Gasteiger partial charge on any atom is 0.307 e. The van der Waals surface area contributed by atoms with Gasteiger partial charge in [0.2, 0.25) is 0 Å². The molecule has 1 N–H and O–H groups in total. The molecular weight excluding hydrogens is 224 g/mol. The van der Waals surface area contributed by atoms with Gasteiger partial charge in [-0.05, 0) is 0 Å². The van der Waals surface area contributed by atoms with E-state index in [9.17, 15) is 9.59 Å². The lowest BCUT2D eigenvalue weighted by Crippen LogP contribution is -2.49. The van der Waals surface area contributed by atoms with E-state index in [1.54, 1.807) is 0 Å². The fourth-order valence-corrected chi connectivity index (χ4v) is 1.93. The van der Waals surface area contributed by atoms with Gasteiger partial charge in [-0.2, -0.15) is 0 Å². The Hall–Kier alpha value is -1.14. The molecule has 0 radical (unpaired) electrons. The molecule has 0 aliphatic carbocycles. The number of piperazine rings is 1. The molecule has 17 heavy (non-hydrogen) atoms. The van der Waals surface area contributed by atoms with Gasteiger partial charge in [0.05, 0.1) is 27.1 Å². The monoisotopic (exact) mass is 244 g/mol. The van der Waals surface area contributed by atoms with Crippen LogP contribution in [0.25, 0.3) is 0 Å². The second-order valence-electron chi connectivity index (χ2n) is 4.00.